The van der Waals surface area contributed by atoms with Gasteiger partial charge >= 0.3 is 17.7 Å². The van der Waals surface area contributed by atoms with Gasteiger partial charge in [0.15, 0.2) is 0 Å². The highest BCUT2D eigenvalue weighted by atomic mass is 16.6. The van der Waals surface area contributed by atoms with Crippen LogP contribution >= 0.6 is 0 Å². The number of ether oxygens (including phenoxy) is 2. The van der Waals surface area contributed by atoms with Gasteiger partial charge in [0.25, 0.3) is 0 Å². The summed E-state index contributed by atoms with van der Waals surface area (Å²) in [7, 11) is 0. The van der Waals surface area contributed by atoms with Gasteiger partial charge in [0.05, 0.1) is 11.5 Å². The number of carbonyl (C=O) groups is 2. The molecule has 1 saturated carbocycles. The number of nitro groups is 1. The SMILES string of the molecule is CCOC(=O)c1n[nH]c(C2(CNC(=O)OC(C)(C)C)CCCCC2)c1[N+](=O)[O-]. The predicted molar refractivity (Wildman–Crippen MR) is 100 cm³/mol. The lowest BCUT2D eigenvalue weighted by atomic mass is 9.71. The van der Waals surface area contributed by atoms with E-state index < -0.39 is 28.0 Å². The van der Waals surface area contributed by atoms with Crippen LogP contribution in [0.4, 0.5) is 10.5 Å². The van der Waals surface area contributed by atoms with Gasteiger partial charge in [-0.3, -0.25) is 15.2 Å². The second-order valence-corrected chi connectivity index (χ2v) is 7.97. The van der Waals surface area contributed by atoms with E-state index in [1.807, 2.05) is 0 Å². The molecule has 1 heterocycles. The number of carbonyl (C=O) groups excluding carboxylic acids is 2. The number of rotatable bonds is 6. The molecule has 0 bridgehead atoms. The lowest BCUT2D eigenvalue weighted by Gasteiger charge is -2.36. The van der Waals surface area contributed by atoms with Crippen LogP contribution in [0, 0.1) is 10.1 Å². The van der Waals surface area contributed by atoms with Gasteiger partial charge in [-0.05, 0) is 40.5 Å². The molecule has 10 heteroatoms. The molecule has 2 rings (SSSR count). The molecule has 2 N–H and O–H groups in total. The Bertz CT molecular complexity index is 731. The number of nitrogens with one attached hydrogen (secondary N) is 2. The van der Waals surface area contributed by atoms with Gasteiger partial charge in [0.2, 0.25) is 5.69 Å². The molecule has 0 unspecified atom stereocenters. The minimum Gasteiger partial charge on any atom is -0.461 e. The Hall–Kier alpha value is -2.65. The van der Waals surface area contributed by atoms with Crippen molar-refractivity contribution in [1.29, 1.82) is 0 Å². The number of alkyl carbamates (subject to hydrolysis) is 1. The first-order valence-corrected chi connectivity index (χ1v) is 9.47. The van der Waals surface area contributed by atoms with Gasteiger partial charge in [-0.25, -0.2) is 9.59 Å². The number of hydrogen-bond donors (Lipinski definition) is 2. The second kappa shape index (κ2) is 8.57. The molecular formula is C18H28N4O6. The average Bonchev–Trinajstić information content (AvgIpc) is 3.06. The summed E-state index contributed by atoms with van der Waals surface area (Å²) in [6, 6.07) is 0. The van der Waals surface area contributed by atoms with Gasteiger partial charge in [-0.2, -0.15) is 5.10 Å². The van der Waals surface area contributed by atoms with Crippen LogP contribution in [0.5, 0.6) is 0 Å². The maximum Gasteiger partial charge on any atom is 0.407 e. The highest BCUT2D eigenvalue weighted by Crippen LogP contribution is 2.43. The van der Waals surface area contributed by atoms with E-state index in [1.165, 1.54) is 0 Å². The van der Waals surface area contributed by atoms with Crippen LogP contribution in [0.1, 0.15) is 76.0 Å². The average molecular weight is 396 g/mol. The summed E-state index contributed by atoms with van der Waals surface area (Å²) in [5.41, 5.74) is -1.86. The fourth-order valence-electron chi connectivity index (χ4n) is 3.52. The second-order valence-electron chi connectivity index (χ2n) is 7.97. The van der Waals surface area contributed by atoms with E-state index in [2.05, 4.69) is 15.5 Å². The maximum atomic E-state index is 12.1. The van der Waals surface area contributed by atoms with Crippen LogP contribution in [0.3, 0.4) is 0 Å². The quantitative estimate of drug-likeness (QED) is 0.428. The molecule has 0 saturated heterocycles. The van der Waals surface area contributed by atoms with E-state index in [4.69, 9.17) is 9.47 Å². The van der Waals surface area contributed by atoms with Gasteiger partial charge in [0.1, 0.15) is 11.3 Å². The third-order valence-corrected chi connectivity index (χ3v) is 4.70. The Morgan fingerprint density at radius 2 is 1.93 bits per heavy atom. The number of aromatic nitrogens is 2. The fraction of sp³-hybridized carbons (Fsp3) is 0.722. The van der Waals surface area contributed by atoms with Crippen molar-refractivity contribution < 1.29 is 24.0 Å². The first-order valence-electron chi connectivity index (χ1n) is 9.47. The highest BCUT2D eigenvalue weighted by molar-refractivity contribution is 5.92. The molecule has 1 amide bonds. The molecule has 0 atom stereocenters. The lowest BCUT2D eigenvalue weighted by molar-refractivity contribution is -0.386. The summed E-state index contributed by atoms with van der Waals surface area (Å²) in [5.74, 6) is -0.845. The van der Waals surface area contributed by atoms with E-state index >= 15 is 0 Å². The van der Waals surface area contributed by atoms with Crippen LogP contribution in [-0.2, 0) is 14.9 Å². The van der Waals surface area contributed by atoms with Crippen LogP contribution in [0.25, 0.3) is 0 Å². The summed E-state index contributed by atoms with van der Waals surface area (Å²) in [5, 5.41) is 21.0. The summed E-state index contributed by atoms with van der Waals surface area (Å²) in [4.78, 5) is 35.4. The zero-order valence-electron chi connectivity index (χ0n) is 16.8. The van der Waals surface area contributed by atoms with Crippen molar-refractivity contribution in [3.05, 3.63) is 21.5 Å². The van der Waals surface area contributed by atoms with E-state index in [0.29, 0.717) is 12.8 Å². The summed E-state index contributed by atoms with van der Waals surface area (Å²) in [6.45, 7) is 7.12. The predicted octanol–water partition coefficient (Wildman–Crippen LogP) is 3.22. The van der Waals surface area contributed by atoms with E-state index in [0.717, 1.165) is 19.3 Å². The molecule has 10 nitrogen and oxygen atoms in total. The van der Waals surface area contributed by atoms with Crippen molar-refractivity contribution in [2.24, 2.45) is 0 Å². The van der Waals surface area contributed by atoms with Crippen molar-refractivity contribution in [3.8, 4) is 0 Å². The molecule has 0 spiro atoms. The molecule has 0 radical (unpaired) electrons. The third kappa shape index (κ3) is 4.99. The van der Waals surface area contributed by atoms with Crippen LogP contribution in [-0.4, -0.2) is 45.9 Å². The number of amides is 1. The topological polar surface area (TPSA) is 136 Å². The molecule has 156 valence electrons. The van der Waals surface area contributed by atoms with E-state index in [9.17, 15) is 19.7 Å². The Balaban J connectivity index is 2.36. The van der Waals surface area contributed by atoms with Crippen LogP contribution < -0.4 is 5.32 Å². The lowest BCUT2D eigenvalue weighted by Crippen LogP contribution is -2.44. The largest absolute Gasteiger partial charge is 0.461 e. The normalized spacial score (nSPS) is 16.3. The van der Waals surface area contributed by atoms with Crippen LogP contribution in [0.2, 0.25) is 0 Å². The number of hydrogen-bond acceptors (Lipinski definition) is 7. The zero-order chi connectivity index (χ0) is 20.9. The minimum absolute atomic E-state index is 0.0868. The zero-order valence-corrected chi connectivity index (χ0v) is 16.8. The van der Waals surface area contributed by atoms with Gasteiger partial charge in [-0.1, -0.05) is 19.3 Å². The minimum atomic E-state index is -0.845. The molecule has 28 heavy (non-hydrogen) atoms. The molecule has 1 fully saturated rings. The molecular weight excluding hydrogens is 368 g/mol. The van der Waals surface area contributed by atoms with Gasteiger partial charge in [0, 0.05) is 12.0 Å². The first kappa shape index (κ1) is 21.6. The number of nitrogens with zero attached hydrogens (tertiary/aromatic N) is 2. The Kier molecular flexibility index (Phi) is 6.63. The first-order chi connectivity index (χ1) is 13.1. The molecule has 1 aliphatic carbocycles. The van der Waals surface area contributed by atoms with E-state index in [1.54, 1.807) is 27.7 Å². The van der Waals surface area contributed by atoms with Crippen molar-refractivity contribution in [3.63, 3.8) is 0 Å². The monoisotopic (exact) mass is 396 g/mol. The van der Waals surface area contributed by atoms with Crippen LogP contribution in [0.15, 0.2) is 0 Å². The molecule has 1 aromatic rings. The Morgan fingerprint density at radius 3 is 2.46 bits per heavy atom. The highest BCUT2D eigenvalue weighted by Gasteiger charge is 2.44. The van der Waals surface area contributed by atoms with Crippen molar-refractivity contribution in [2.45, 2.75) is 70.8 Å². The van der Waals surface area contributed by atoms with Crippen molar-refractivity contribution in [1.82, 2.24) is 15.5 Å². The fourth-order valence-corrected chi connectivity index (χ4v) is 3.52. The molecule has 1 aromatic heterocycles. The Morgan fingerprint density at radius 1 is 1.29 bits per heavy atom. The summed E-state index contributed by atoms with van der Waals surface area (Å²) in [6.07, 6.45) is 3.34. The third-order valence-electron chi connectivity index (χ3n) is 4.70. The molecule has 0 aliphatic heterocycles. The van der Waals surface area contributed by atoms with Crippen molar-refractivity contribution in [2.75, 3.05) is 13.2 Å². The van der Waals surface area contributed by atoms with Gasteiger partial charge in [-0.15, -0.1) is 0 Å². The van der Waals surface area contributed by atoms with Gasteiger partial charge < -0.3 is 14.8 Å². The Labute approximate surface area is 163 Å². The number of esters is 1. The number of aromatic amines is 1. The van der Waals surface area contributed by atoms with E-state index in [-0.39, 0.29) is 30.2 Å². The maximum absolute atomic E-state index is 12.1. The van der Waals surface area contributed by atoms with Crippen molar-refractivity contribution >= 4 is 17.7 Å². The standard InChI is InChI=1S/C18H28N4O6/c1-5-27-15(23)12-13(22(25)26)14(21-20-12)18(9-7-6-8-10-18)11-19-16(24)28-17(2,3)4/h5-11H2,1-4H3,(H,19,24)(H,20,21). The summed E-state index contributed by atoms with van der Waals surface area (Å²) >= 11 is 0. The molecule has 0 aromatic carbocycles. The summed E-state index contributed by atoms with van der Waals surface area (Å²) < 4.78 is 10.2. The molecule has 1 aliphatic rings. The number of H-pyrrole nitrogens is 1. The smallest absolute Gasteiger partial charge is 0.407 e.